The molecule has 6 nitrogen and oxygen atoms in total. The standard InChI is InChI=1S/C25H31N3O3/c1-24(2)14-13-18(25(3,4)31-24)19-16-21(17-10-9-15-26-23(17)30-6)28(27-19)20-11-7-8-12-22(20)29-5/h7-12,15-16,18H,13-14H2,1-6H3. The molecule has 0 spiro atoms. The van der Waals surface area contributed by atoms with E-state index in [1.165, 1.54) is 0 Å². The van der Waals surface area contributed by atoms with Crippen molar-refractivity contribution in [2.45, 2.75) is 57.7 Å². The van der Waals surface area contributed by atoms with Crippen molar-refractivity contribution >= 4 is 0 Å². The van der Waals surface area contributed by atoms with Crippen LogP contribution in [-0.4, -0.2) is 40.2 Å². The van der Waals surface area contributed by atoms with Crippen molar-refractivity contribution in [1.82, 2.24) is 14.8 Å². The second kappa shape index (κ2) is 8.00. The highest BCUT2D eigenvalue weighted by Gasteiger charge is 2.43. The van der Waals surface area contributed by atoms with Gasteiger partial charge in [-0.25, -0.2) is 9.67 Å². The molecule has 0 N–H and O–H groups in total. The summed E-state index contributed by atoms with van der Waals surface area (Å²) in [5.41, 5.74) is 3.17. The first kappa shape index (κ1) is 21.4. The van der Waals surface area contributed by atoms with Crippen LogP contribution in [0.1, 0.15) is 52.1 Å². The fourth-order valence-corrected chi connectivity index (χ4v) is 4.68. The number of para-hydroxylation sites is 2. The molecule has 0 saturated carbocycles. The number of aromatic nitrogens is 3. The van der Waals surface area contributed by atoms with Gasteiger partial charge in [0, 0.05) is 12.1 Å². The van der Waals surface area contributed by atoms with E-state index in [2.05, 4.69) is 38.7 Å². The van der Waals surface area contributed by atoms with Crippen LogP contribution in [0.15, 0.2) is 48.7 Å². The molecule has 1 unspecified atom stereocenters. The second-order valence-corrected chi connectivity index (χ2v) is 9.15. The van der Waals surface area contributed by atoms with Crippen LogP contribution >= 0.6 is 0 Å². The molecule has 1 atom stereocenters. The summed E-state index contributed by atoms with van der Waals surface area (Å²) in [5, 5.41) is 5.08. The minimum Gasteiger partial charge on any atom is -0.494 e. The SMILES string of the molecule is COc1ccccc1-n1nc(C2CCC(C)(C)OC2(C)C)cc1-c1cccnc1OC. The molecular formula is C25H31N3O3. The van der Waals surface area contributed by atoms with Crippen molar-refractivity contribution in [3.8, 4) is 28.6 Å². The van der Waals surface area contributed by atoms with Gasteiger partial charge in [-0.05, 0) is 70.9 Å². The smallest absolute Gasteiger partial charge is 0.222 e. The Hall–Kier alpha value is -2.86. The summed E-state index contributed by atoms with van der Waals surface area (Å²) in [6, 6.07) is 13.9. The minimum atomic E-state index is -0.335. The van der Waals surface area contributed by atoms with Gasteiger partial charge in [0.2, 0.25) is 5.88 Å². The third kappa shape index (κ3) is 4.04. The first-order chi connectivity index (χ1) is 14.8. The van der Waals surface area contributed by atoms with Crippen molar-refractivity contribution < 1.29 is 14.2 Å². The Bertz CT molecular complexity index is 1010. The Kier molecular flexibility index (Phi) is 5.52. The van der Waals surface area contributed by atoms with Crippen LogP contribution in [0.4, 0.5) is 0 Å². The van der Waals surface area contributed by atoms with E-state index in [1.807, 2.05) is 41.1 Å². The predicted molar refractivity (Wildman–Crippen MR) is 121 cm³/mol. The Labute approximate surface area is 184 Å². The highest BCUT2D eigenvalue weighted by molar-refractivity contribution is 5.69. The van der Waals surface area contributed by atoms with E-state index in [0.29, 0.717) is 5.88 Å². The number of benzene rings is 1. The molecule has 0 bridgehead atoms. The Morgan fingerprint density at radius 3 is 2.52 bits per heavy atom. The lowest BCUT2D eigenvalue weighted by atomic mass is 9.78. The van der Waals surface area contributed by atoms with Crippen molar-refractivity contribution in [3.05, 3.63) is 54.4 Å². The summed E-state index contributed by atoms with van der Waals surface area (Å²) in [5.74, 6) is 1.48. The molecule has 4 rings (SSSR count). The van der Waals surface area contributed by atoms with Gasteiger partial charge in [-0.2, -0.15) is 5.10 Å². The molecule has 1 aliphatic heterocycles. The largest absolute Gasteiger partial charge is 0.494 e. The first-order valence-electron chi connectivity index (χ1n) is 10.7. The summed E-state index contributed by atoms with van der Waals surface area (Å²) >= 11 is 0. The van der Waals surface area contributed by atoms with Gasteiger partial charge in [0.15, 0.2) is 0 Å². The molecule has 1 saturated heterocycles. The topological polar surface area (TPSA) is 58.4 Å². The fraction of sp³-hybridized carbons (Fsp3) is 0.440. The molecule has 1 aromatic carbocycles. The molecule has 1 fully saturated rings. The van der Waals surface area contributed by atoms with Crippen LogP contribution in [0.25, 0.3) is 16.9 Å². The number of nitrogens with zero attached hydrogens (tertiary/aromatic N) is 3. The molecule has 0 amide bonds. The maximum absolute atomic E-state index is 6.47. The van der Waals surface area contributed by atoms with E-state index >= 15 is 0 Å². The van der Waals surface area contributed by atoms with Crippen molar-refractivity contribution in [3.63, 3.8) is 0 Å². The van der Waals surface area contributed by atoms with Gasteiger partial charge >= 0.3 is 0 Å². The number of methoxy groups -OCH3 is 2. The van der Waals surface area contributed by atoms with Crippen LogP contribution in [0.2, 0.25) is 0 Å². The Balaban J connectivity index is 1.89. The normalized spacial score (nSPS) is 19.7. The van der Waals surface area contributed by atoms with E-state index in [1.54, 1.807) is 20.4 Å². The van der Waals surface area contributed by atoms with Crippen molar-refractivity contribution in [2.24, 2.45) is 0 Å². The minimum absolute atomic E-state index is 0.138. The molecule has 0 radical (unpaired) electrons. The Morgan fingerprint density at radius 1 is 1.03 bits per heavy atom. The zero-order valence-electron chi connectivity index (χ0n) is 19.2. The van der Waals surface area contributed by atoms with Crippen LogP contribution in [-0.2, 0) is 4.74 Å². The predicted octanol–water partition coefficient (Wildman–Crippen LogP) is 5.40. The third-order valence-corrected chi connectivity index (χ3v) is 6.05. The average Bonchev–Trinajstić information content (AvgIpc) is 3.16. The van der Waals surface area contributed by atoms with Gasteiger partial charge in [0.1, 0.15) is 11.4 Å². The number of hydrogen-bond acceptors (Lipinski definition) is 5. The molecule has 3 heterocycles. The lowest BCUT2D eigenvalue weighted by Crippen LogP contribution is -2.46. The monoisotopic (exact) mass is 421 g/mol. The van der Waals surface area contributed by atoms with E-state index in [9.17, 15) is 0 Å². The average molecular weight is 422 g/mol. The molecule has 1 aliphatic rings. The Morgan fingerprint density at radius 2 is 1.81 bits per heavy atom. The maximum Gasteiger partial charge on any atom is 0.222 e. The summed E-state index contributed by atoms with van der Waals surface area (Å²) in [4.78, 5) is 4.40. The van der Waals surface area contributed by atoms with Crippen molar-refractivity contribution in [2.75, 3.05) is 14.2 Å². The first-order valence-corrected chi connectivity index (χ1v) is 10.7. The highest BCUT2D eigenvalue weighted by Crippen LogP contribution is 2.45. The van der Waals surface area contributed by atoms with Gasteiger partial charge in [0.25, 0.3) is 0 Å². The van der Waals surface area contributed by atoms with E-state index in [4.69, 9.17) is 19.3 Å². The van der Waals surface area contributed by atoms with Crippen molar-refractivity contribution in [1.29, 1.82) is 0 Å². The summed E-state index contributed by atoms with van der Waals surface area (Å²) in [6.45, 7) is 8.63. The zero-order valence-corrected chi connectivity index (χ0v) is 19.2. The van der Waals surface area contributed by atoms with E-state index < -0.39 is 0 Å². The van der Waals surface area contributed by atoms with Gasteiger partial charge in [-0.3, -0.25) is 0 Å². The summed E-state index contributed by atoms with van der Waals surface area (Å²) in [7, 11) is 3.31. The summed E-state index contributed by atoms with van der Waals surface area (Å²) < 4.78 is 19.6. The quantitative estimate of drug-likeness (QED) is 0.552. The lowest BCUT2D eigenvalue weighted by Gasteiger charge is -2.46. The van der Waals surface area contributed by atoms with E-state index in [0.717, 1.165) is 41.2 Å². The number of rotatable bonds is 5. The van der Waals surface area contributed by atoms with E-state index in [-0.39, 0.29) is 17.1 Å². The lowest BCUT2D eigenvalue weighted by molar-refractivity contribution is -0.167. The van der Waals surface area contributed by atoms with Crippen LogP contribution in [0.5, 0.6) is 11.6 Å². The van der Waals surface area contributed by atoms with Crippen LogP contribution in [0, 0.1) is 0 Å². The second-order valence-electron chi connectivity index (χ2n) is 9.15. The molecule has 3 aromatic rings. The fourth-order valence-electron chi connectivity index (χ4n) is 4.68. The zero-order chi connectivity index (χ0) is 22.2. The maximum atomic E-state index is 6.47. The molecule has 31 heavy (non-hydrogen) atoms. The number of ether oxygens (including phenoxy) is 3. The highest BCUT2D eigenvalue weighted by atomic mass is 16.5. The molecule has 6 heteroatoms. The third-order valence-electron chi connectivity index (χ3n) is 6.05. The van der Waals surface area contributed by atoms with Gasteiger partial charge < -0.3 is 14.2 Å². The summed E-state index contributed by atoms with van der Waals surface area (Å²) in [6.07, 6.45) is 3.72. The van der Waals surface area contributed by atoms with Gasteiger partial charge in [-0.1, -0.05) is 12.1 Å². The number of pyridine rings is 1. The van der Waals surface area contributed by atoms with Crippen LogP contribution < -0.4 is 9.47 Å². The molecule has 2 aromatic heterocycles. The molecule has 164 valence electrons. The number of hydrogen-bond donors (Lipinski definition) is 0. The molecular weight excluding hydrogens is 390 g/mol. The van der Waals surface area contributed by atoms with Crippen LogP contribution in [0.3, 0.4) is 0 Å². The van der Waals surface area contributed by atoms with Gasteiger partial charge in [-0.15, -0.1) is 0 Å². The van der Waals surface area contributed by atoms with Gasteiger partial charge in [0.05, 0.1) is 42.4 Å². The molecule has 0 aliphatic carbocycles.